The molecule has 2 aliphatic rings. The van der Waals surface area contributed by atoms with Crippen molar-refractivity contribution in [3.05, 3.63) is 41.3 Å². The molecule has 1 saturated heterocycles. The minimum Gasteiger partial charge on any atom is -0.465 e. The van der Waals surface area contributed by atoms with Gasteiger partial charge in [0, 0.05) is 29.8 Å². The van der Waals surface area contributed by atoms with E-state index < -0.39 is 5.97 Å². The number of nitrogens with one attached hydrogen (secondary N) is 1. The monoisotopic (exact) mass is 426 g/mol. The fourth-order valence-corrected chi connectivity index (χ4v) is 5.45. The molecule has 1 aliphatic carbocycles. The first-order valence-corrected chi connectivity index (χ1v) is 11.3. The summed E-state index contributed by atoms with van der Waals surface area (Å²) in [5.74, 6) is -0.376. The Balaban J connectivity index is 1.44. The molecule has 6 nitrogen and oxygen atoms in total. The van der Waals surface area contributed by atoms with Gasteiger partial charge in [-0.2, -0.15) is 0 Å². The van der Waals surface area contributed by atoms with Gasteiger partial charge in [0.25, 0.3) is 0 Å². The van der Waals surface area contributed by atoms with E-state index in [0.29, 0.717) is 17.0 Å². The van der Waals surface area contributed by atoms with E-state index in [1.165, 1.54) is 18.4 Å². The smallest absolute Gasteiger partial charge is 0.350 e. The topological polar surface area (TPSA) is 75.7 Å². The molecule has 0 unspecified atom stereocenters. The number of carbonyl (C=O) groups excluding carboxylic acids is 3. The average molecular weight is 427 g/mol. The summed E-state index contributed by atoms with van der Waals surface area (Å²) in [5, 5.41) is 2.97. The van der Waals surface area contributed by atoms with Crippen molar-refractivity contribution in [1.29, 1.82) is 0 Å². The van der Waals surface area contributed by atoms with Crippen LogP contribution in [0.1, 0.15) is 48.2 Å². The number of hydrogen-bond donors (Lipinski definition) is 1. The molecule has 1 N–H and O–H groups in total. The van der Waals surface area contributed by atoms with Crippen LogP contribution in [0.4, 0.5) is 5.69 Å². The molecule has 0 atom stereocenters. The van der Waals surface area contributed by atoms with Crippen molar-refractivity contribution in [3.8, 4) is 10.4 Å². The van der Waals surface area contributed by atoms with E-state index in [1.54, 1.807) is 0 Å². The molecule has 0 bridgehead atoms. The lowest BCUT2D eigenvalue weighted by Crippen LogP contribution is -2.40. The Kier molecular flexibility index (Phi) is 6.18. The van der Waals surface area contributed by atoms with Crippen molar-refractivity contribution < 1.29 is 19.1 Å². The Hall–Kier alpha value is -2.67. The number of methoxy groups -OCH3 is 1. The molecule has 0 radical (unpaired) electrons. The van der Waals surface area contributed by atoms with Gasteiger partial charge in [-0.05, 0) is 43.7 Å². The van der Waals surface area contributed by atoms with Crippen molar-refractivity contribution >= 4 is 34.8 Å². The number of nitrogens with zero attached hydrogens (tertiary/aromatic N) is 1. The van der Waals surface area contributed by atoms with E-state index in [1.807, 2.05) is 41.3 Å². The van der Waals surface area contributed by atoms with Crippen LogP contribution in [-0.2, 0) is 14.3 Å². The summed E-state index contributed by atoms with van der Waals surface area (Å²) in [6, 6.07) is 11.9. The number of rotatable bonds is 5. The quantitative estimate of drug-likeness (QED) is 0.723. The van der Waals surface area contributed by atoms with Gasteiger partial charge in [0.2, 0.25) is 11.8 Å². The predicted octanol–water partition coefficient (Wildman–Crippen LogP) is 4.32. The van der Waals surface area contributed by atoms with Crippen LogP contribution in [0.5, 0.6) is 0 Å². The molecule has 1 aromatic carbocycles. The number of anilines is 1. The standard InChI is InChI=1S/C23H26N2O4S/c1-29-23(28)21-18(14-19(30-21)15-6-3-2-4-7-15)24-22(27)16-9-11-17(12-10-16)25-13-5-8-20(25)26/h2-4,6-7,14,16-17H,5,8-13H2,1H3,(H,24,27). The van der Waals surface area contributed by atoms with Crippen molar-refractivity contribution in [2.75, 3.05) is 19.0 Å². The second-order valence-corrected chi connectivity index (χ2v) is 8.95. The van der Waals surface area contributed by atoms with Crippen LogP contribution in [-0.4, -0.2) is 42.4 Å². The van der Waals surface area contributed by atoms with Crippen molar-refractivity contribution in [2.24, 2.45) is 5.92 Å². The molecular formula is C23H26N2O4S. The Morgan fingerprint density at radius 1 is 1.13 bits per heavy atom. The van der Waals surface area contributed by atoms with Crippen LogP contribution < -0.4 is 5.32 Å². The predicted molar refractivity (Wildman–Crippen MR) is 116 cm³/mol. The Bertz CT molecular complexity index is 932. The summed E-state index contributed by atoms with van der Waals surface area (Å²) in [6.45, 7) is 0.847. The third-order valence-corrected chi connectivity index (χ3v) is 7.20. The largest absolute Gasteiger partial charge is 0.465 e. The fourth-order valence-electron chi connectivity index (χ4n) is 4.41. The Labute approximate surface area is 180 Å². The maximum Gasteiger partial charge on any atom is 0.350 e. The highest BCUT2D eigenvalue weighted by atomic mass is 32.1. The number of amides is 2. The average Bonchev–Trinajstić information content (AvgIpc) is 3.40. The van der Waals surface area contributed by atoms with E-state index in [9.17, 15) is 14.4 Å². The Morgan fingerprint density at radius 2 is 1.87 bits per heavy atom. The zero-order chi connectivity index (χ0) is 21.1. The SMILES string of the molecule is COC(=O)c1sc(-c2ccccc2)cc1NC(=O)C1CCC(N2CCCC2=O)CC1. The highest BCUT2D eigenvalue weighted by Crippen LogP contribution is 2.36. The number of benzene rings is 1. The highest BCUT2D eigenvalue weighted by Gasteiger charge is 2.34. The van der Waals surface area contributed by atoms with Crippen LogP contribution in [0, 0.1) is 5.92 Å². The second-order valence-electron chi connectivity index (χ2n) is 7.90. The lowest BCUT2D eigenvalue weighted by molar-refractivity contribution is -0.130. The van der Waals surface area contributed by atoms with Gasteiger partial charge in [-0.3, -0.25) is 9.59 Å². The van der Waals surface area contributed by atoms with Crippen molar-refractivity contribution in [2.45, 2.75) is 44.6 Å². The first-order chi connectivity index (χ1) is 14.6. The molecule has 4 rings (SSSR count). The number of thiophene rings is 1. The molecule has 0 spiro atoms. The first kappa shape index (κ1) is 20.6. The minimum absolute atomic E-state index is 0.0660. The lowest BCUT2D eigenvalue weighted by atomic mass is 9.84. The fraction of sp³-hybridized carbons (Fsp3) is 0.435. The molecule has 2 fully saturated rings. The molecule has 1 aliphatic heterocycles. The lowest BCUT2D eigenvalue weighted by Gasteiger charge is -2.34. The van der Waals surface area contributed by atoms with Gasteiger partial charge in [0.1, 0.15) is 4.88 Å². The van der Waals surface area contributed by atoms with E-state index in [4.69, 9.17) is 4.74 Å². The maximum absolute atomic E-state index is 12.9. The maximum atomic E-state index is 12.9. The summed E-state index contributed by atoms with van der Waals surface area (Å²) >= 11 is 1.32. The number of likely N-dealkylation sites (tertiary alicyclic amines) is 1. The molecule has 30 heavy (non-hydrogen) atoms. The van der Waals surface area contributed by atoms with Gasteiger partial charge in [-0.1, -0.05) is 30.3 Å². The normalized spacial score (nSPS) is 21.5. The van der Waals surface area contributed by atoms with Crippen LogP contribution in [0.2, 0.25) is 0 Å². The number of hydrogen-bond acceptors (Lipinski definition) is 5. The van der Waals surface area contributed by atoms with Gasteiger partial charge in [-0.15, -0.1) is 11.3 Å². The van der Waals surface area contributed by atoms with Crippen molar-refractivity contribution in [3.63, 3.8) is 0 Å². The van der Waals surface area contributed by atoms with Crippen molar-refractivity contribution in [1.82, 2.24) is 4.90 Å². The molecule has 2 heterocycles. The molecule has 2 aromatic rings. The Morgan fingerprint density at radius 3 is 2.50 bits per heavy atom. The van der Waals surface area contributed by atoms with Crippen LogP contribution >= 0.6 is 11.3 Å². The number of carbonyl (C=O) groups is 3. The van der Waals surface area contributed by atoms with E-state index in [0.717, 1.165) is 49.1 Å². The minimum atomic E-state index is -0.450. The van der Waals surface area contributed by atoms with Crippen LogP contribution in [0.3, 0.4) is 0 Å². The summed E-state index contributed by atoms with van der Waals surface area (Å²) in [4.78, 5) is 40.5. The third kappa shape index (κ3) is 4.26. The number of esters is 1. The van der Waals surface area contributed by atoms with E-state index >= 15 is 0 Å². The van der Waals surface area contributed by atoms with E-state index in [-0.39, 0.29) is 23.8 Å². The molecule has 1 saturated carbocycles. The second kappa shape index (κ2) is 9.00. The van der Waals surface area contributed by atoms with Gasteiger partial charge in [0.15, 0.2) is 0 Å². The van der Waals surface area contributed by atoms with E-state index in [2.05, 4.69) is 5.32 Å². The third-order valence-electron chi connectivity index (χ3n) is 6.04. The van der Waals surface area contributed by atoms with Crippen LogP contribution in [0.15, 0.2) is 36.4 Å². The summed E-state index contributed by atoms with van der Waals surface area (Å²) in [6.07, 6.45) is 4.81. The first-order valence-electron chi connectivity index (χ1n) is 10.4. The summed E-state index contributed by atoms with van der Waals surface area (Å²) in [5.41, 5.74) is 1.50. The summed E-state index contributed by atoms with van der Waals surface area (Å²) in [7, 11) is 1.34. The van der Waals surface area contributed by atoms with Gasteiger partial charge >= 0.3 is 5.97 Å². The molecule has 158 valence electrons. The van der Waals surface area contributed by atoms with Crippen LogP contribution in [0.25, 0.3) is 10.4 Å². The molecule has 1 aromatic heterocycles. The zero-order valence-corrected chi connectivity index (χ0v) is 17.9. The molecule has 2 amide bonds. The van der Waals surface area contributed by atoms with Gasteiger partial charge in [0.05, 0.1) is 12.8 Å². The highest BCUT2D eigenvalue weighted by molar-refractivity contribution is 7.18. The van der Waals surface area contributed by atoms with Gasteiger partial charge in [-0.25, -0.2) is 4.79 Å². The summed E-state index contributed by atoms with van der Waals surface area (Å²) < 4.78 is 4.92. The molecule has 7 heteroatoms. The van der Waals surface area contributed by atoms with Gasteiger partial charge < -0.3 is 15.0 Å². The zero-order valence-electron chi connectivity index (χ0n) is 17.1. The molecular weight excluding hydrogens is 400 g/mol. The number of ether oxygens (including phenoxy) is 1.